The average Bonchev–Trinajstić information content (AvgIpc) is 3.30. The molecule has 1 fully saturated rings. The molecule has 7 heteroatoms. The van der Waals surface area contributed by atoms with E-state index in [4.69, 9.17) is 0 Å². The van der Waals surface area contributed by atoms with Crippen molar-refractivity contribution in [3.05, 3.63) is 52.1 Å². The SMILES string of the molecule is Cc1c(/C=C2\C(=O)Nc3ccc(F)cc32)[nH]c2c1C(=O)N(CCN(C)C)C1CC21. The fraction of sp³-hybridized carbons (Fsp3) is 0.364. The Hall–Kier alpha value is -2.93. The van der Waals surface area contributed by atoms with Crippen LogP contribution in [-0.4, -0.2) is 59.8 Å². The molecule has 3 heterocycles. The second-order valence-electron chi connectivity index (χ2n) is 8.37. The van der Waals surface area contributed by atoms with Gasteiger partial charge in [0, 0.05) is 47.7 Å². The topological polar surface area (TPSA) is 68.4 Å². The number of aromatic amines is 1. The molecule has 1 aromatic heterocycles. The maximum Gasteiger partial charge on any atom is 0.256 e. The number of anilines is 1. The number of amides is 2. The summed E-state index contributed by atoms with van der Waals surface area (Å²) in [6.07, 6.45) is 2.71. The van der Waals surface area contributed by atoms with Gasteiger partial charge in [0.15, 0.2) is 0 Å². The number of aromatic nitrogens is 1. The fourth-order valence-electron chi connectivity index (χ4n) is 4.49. The lowest BCUT2D eigenvalue weighted by molar-refractivity contribution is -0.110. The molecule has 6 nitrogen and oxygen atoms in total. The van der Waals surface area contributed by atoms with E-state index in [0.717, 1.165) is 35.5 Å². The van der Waals surface area contributed by atoms with Crippen molar-refractivity contribution in [3.63, 3.8) is 0 Å². The Bertz CT molecular complexity index is 1080. The molecule has 2 amide bonds. The fourth-order valence-corrected chi connectivity index (χ4v) is 4.49. The van der Waals surface area contributed by atoms with Crippen LogP contribution in [0.4, 0.5) is 10.1 Å². The van der Waals surface area contributed by atoms with E-state index in [1.165, 1.54) is 12.1 Å². The number of hydrogen-bond acceptors (Lipinski definition) is 3. The summed E-state index contributed by atoms with van der Waals surface area (Å²) in [6.45, 7) is 3.45. The Balaban J connectivity index is 1.53. The standard InChI is InChI=1S/C22H23FN4O2/c1-11-17(9-14-13-8-12(23)4-5-16(13)25-21(14)28)24-20-15-10-18(15)27(7-6-26(2)3)22(29)19(11)20/h4-5,8-9,15,18,24H,6-7,10H2,1-3H3,(H,25,28)/b14-9-. The van der Waals surface area contributed by atoms with Crippen molar-refractivity contribution in [2.24, 2.45) is 0 Å². The molecule has 2 unspecified atom stereocenters. The second kappa shape index (κ2) is 6.29. The van der Waals surface area contributed by atoms with Gasteiger partial charge in [-0.05, 0) is 57.3 Å². The summed E-state index contributed by atoms with van der Waals surface area (Å²) < 4.78 is 13.7. The Morgan fingerprint density at radius 1 is 1.31 bits per heavy atom. The number of benzene rings is 1. The number of fused-ring (bicyclic) bond motifs is 4. The van der Waals surface area contributed by atoms with Crippen molar-refractivity contribution in [2.45, 2.75) is 25.3 Å². The highest BCUT2D eigenvalue weighted by molar-refractivity contribution is 6.34. The summed E-state index contributed by atoms with van der Waals surface area (Å²) in [7, 11) is 4.01. The first kappa shape index (κ1) is 18.1. The predicted octanol–water partition coefficient (Wildman–Crippen LogP) is 2.83. The smallest absolute Gasteiger partial charge is 0.256 e. The number of halogens is 1. The van der Waals surface area contributed by atoms with Crippen LogP contribution in [0.3, 0.4) is 0 Å². The van der Waals surface area contributed by atoms with Crippen LogP contribution in [0.2, 0.25) is 0 Å². The van der Waals surface area contributed by atoms with E-state index in [2.05, 4.69) is 15.2 Å². The number of nitrogens with one attached hydrogen (secondary N) is 2. The number of carbonyl (C=O) groups is 2. The monoisotopic (exact) mass is 394 g/mol. The maximum atomic E-state index is 13.7. The minimum atomic E-state index is -0.388. The van der Waals surface area contributed by atoms with Gasteiger partial charge in [-0.1, -0.05) is 0 Å². The highest BCUT2D eigenvalue weighted by Gasteiger charge is 2.52. The molecule has 1 aliphatic carbocycles. The molecule has 2 N–H and O–H groups in total. The van der Waals surface area contributed by atoms with Gasteiger partial charge in [0.25, 0.3) is 11.8 Å². The van der Waals surface area contributed by atoms with Gasteiger partial charge in [-0.3, -0.25) is 9.59 Å². The van der Waals surface area contributed by atoms with Gasteiger partial charge in [0.1, 0.15) is 5.82 Å². The molecule has 1 saturated carbocycles. The van der Waals surface area contributed by atoms with Crippen LogP contribution < -0.4 is 5.32 Å². The Morgan fingerprint density at radius 3 is 2.86 bits per heavy atom. The van der Waals surface area contributed by atoms with Gasteiger partial charge >= 0.3 is 0 Å². The molecule has 0 spiro atoms. The van der Waals surface area contributed by atoms with Crippen LogP contribution >= 0.6 is 0 Å². The first-order valence-electron chi connectivity index (χ1n) is 9.86. The molecule has 1 aromatic carbocycles. The average molecular weight is 394 g/mol. The van der Waals surface area contributed by atoms with Crippen LogP contribution in [-0.2, 0) is 4.79 Å². The molecule has 5 rings (SSSR count). The molecule has 0 radical (unpaired) electrons. The van der Waals surface area contributed by atoms with Gasteiger partial charge in [0.2, 0.25) is 0 Å². The van der Waals surface area contributed by atoms with E-state index in [-0.39, 0.29) is 23.7 Å². The van der Waals surface area contributed by atoms with E-state index in [9.17, 15) is 14.0 Å². The van der Waals surface area contributed by atoms with E-state index < -0.39 is 0 Å². The first-order valence-corrected chi connectivity index (χ1v) is 9.86. The van der Waals surface area contributed by atoms with E-state index >= 15 is 0 Å². The first-order chi connectivity index (χ1) is 13.8. The molecule has 2 aliphatic heterocycles. The zero-order valence-electron chi connectivity index (χ0n) is 16.7. The van der Waals surface area contributed by atoms with Gasteiger partial charge in [-0.25, -0.2) is 4.39 Å². The van der Waals surface area contributed by atoms with Crippen molar-refractivity contribution in [1.82, 2.24) is 14.8 Å². The summed E-state index contributed by atoms with van der Waals surface area (Å²) in [5.41, 5.74) is 4.84. The molecule has 2 aromatic rings. The lowest BCUT2D eigenvalue weighted by Crippen LogP contribution is -2.41. The van der Waals surface area contributed by atoms with E-state index in [0.29, 0.717) is 29.3 Å². The minimum Gasteiger partial charge on any atom is -0.358 e. The Morgan fingerprint density at radius 2 is 2.10 bits per heavy atom. The predicted molar refractivity (Wildman–Crippen MR) is 109 cm³/mol. The summed E-state index contributed by atoms with van der Waals surface area (Å²) in [5.74, 6) is -0.263. The van der Waals surface area contributed by atoms with E-state index in [1.54, 1.807) is 12.1 Å². The Labute approximate surface area is 168 Å². The maximum absolute atomic E-state index is 13.7. The van der Waals surface area contributed by atoms with Crippen molar-refractivity contribution in [1.29, 1.82) is 0 Å². The highest BCUT2D eigenvalue weighted by Crippen LogP contribution is 2.51. The van der Waals surface area contributed by atoms with Crippen LogP contribution in [0.1, 0.15) is 45.2 Å². The number of hydrogen-bond donors (Lipinski definition) is 2. The van der Waals surface area contributed by atoms with Crippen LogP contribution in [0.15, 0.2) is 18.2 Å². The third kappa shape index (κ3) is 2.80. The van der Waals surface area contributed by atoms with Crippen LogP contribution in [0, 0.1) is 12.7 Å². The molecular formula is C22H23FN4O2. The number of rotatable bonds is 4. The normalized spacial score (nSPS) is 23.3. The number of likely N-dealkylation sites (N-methyl/N-ethyl adjacent to an activating group) is 1. The summed E-state index contributed by atoms with van der Waals surface area (Å²) in [6, 6.07) is 4.52. The van der Waals surface area contributed by atoms with E-state index in [1.807, 2.05) is 25.9 Å². The number of H-pyrrole nitrogens is 1. The Kier molecular flexibility index (Phi) is 3.93. The van der Waals surface area contributed by atoms with Crippen LogP contribution in [0.5, 0.6) is 0 Å². The van der Waals surface area contributed by atoms with Crippen molar-refractivity contribution < 1.29 is 14.0 Å². The summed E-state index contributed by atoms with van der Waals surface area (Å²) >= 11 is 0. The molecule has 0 bridgehead atoms. The quantitative estimate of drug-likeness (QED) is 0.784. The molecule has 29 heavy (non-hydrogen) atoms. The van der Waals surface area contributed by atoms with Gasteiger partial charge < -0.3 is 20.1 Å². The lowest BCUT2D eigenvalue weighted by atomic mass is 10.0. The largest absolute Gasteiger partial charge is 0.358 e. The summed E-state index contributed by atoms with van der Waals surface area (Å²) in [5, 5.41) is 2.77. The zero-order chi connectivity index (χ0) is 20.4. The molecule has 3 aliphatic rings. The second-order valence-corrected chi connectivity index (χ2v) is 8.37. The van der Waals surface area contributed by atoms with Gasteiger partial charge in [-0.2, -0.15) is 0 Å². The van der Waals surface area contributed by atoms with Crippen molar-refractivity contribution in [2.75, 3.05) is 32.5 Å². The van der Waals surface area contributed by atoms with Crippen LogP contribution in [0.25, 0.3) is 11.6 Å². The summed E-state index contributed by atoms with van der Waals surface area (Å²) in [4.78, 5) is 33.1. The van der Waals surface area contributed by atoms with Crippen molar-refractivity contribution in [3.8, 4) is 0 Å². The molecule has 2 atom stereocenters. The minimum absolute atomic E-state index is 0.0568. The molecular weight excluding hydrogens is 371 g/mol. The van der Waals surface area contributed by atoms with Gasteiger partial charge in [-0.15, -0.1) is 0 Å². The third-order valence-electron chi connectivity index (χ3n) is 6.16. The number of nitrogens with zero attached hydrogens (tertiary/aromatic N) is 2. The molecule has 150 valence electrons. The lowest BCUT2D eigenvalue weighted by Gasteiger charge is -2.28. The van der Waals surface area contributed by atoms with Crippen molar-refractivity contribution >= 4 is 29.2 Å². The zero-order valence-corrected chi connectivity index (χ0v) is 16.7. The molecule has 0 saturated heterocycles. The van der Waals surface area contributed by atoms with Gasteiger partial charge in [0.05, 0.1) is 11.1 Å². The number of carbonyl (C=O) groups excluding carboxylic acids is 2. The highest BCUT2D eigenvalue weighted by atomic mass is 19.1. The third-order valence-corrected chi connectivity index (χ3v) is 6.16.